The van der Waals surface area contributed by atoms with Crippen LogP contribution >= 0.6 is 0 Å². The number of sulfonamides is 1. The number of anilines is 1. The van der Waals surface area contributed by atoms with Crippen LogP contribution in [0.1, 0.15) is 23.5 Å². The highest BCUT2D eigenvalue weighted by molar-refractivity contribution is 7.89. The van der Waals surface area contributed by atoms with Crippen LogP contribution in [0.25, 0.3) is 0 Å². The zero-order chi connectivity index (χ0) is 18.5. The molecule has 7 heteroatoms. The number of fused-ring (bicyclic) bond motifs is 1. The quantitative estimate of drug-likeness (QED) is 0.894. The summed E-state index contributed by atoms with van der Waals surface area (Å²) in [6, 6.07) is 11.2. The lowest BCUT2D eigenvalue weighted by Gasteiger charge is -2.18. The predicted octanol–water partition coefficient (Wildman–Crippen LogP) is 2.43. The van der Waals surface area contributed by atoms with E-state index in [1.54, 1.807) is 35.2 Å². The molecular weight excluding hydrogens is 355 g/mol. The van der Waals surface area contributed by atoms with Gasteiger partial charge >= 0.3 is 0 Å². The van der Waals surface area contributed by atoms with Gasteiger partial charge in [0.2, 0.25) is 15.9 Å². The van der Waals surface area contributed by atoms with Crippen LogP contribution in [0.5, 0.6) is 0 Å². The Labute approximate surface area is 151 Å². The highest BCUT2D eigenvalue weighted by atomic mass is 32.2. The van der Waals surface area contributed by atoms with Crippen molar-refractivity contribution >= 4 is 21.6 Å². The fraction of sp³-hybridized carbons (Fsp3) is 0.316. The molecule has 0 spiro atoms. The van der Waals surface area contributed by atoms with Crippen molar-refractivity contribution in [3.8, 4) is 0 Å². The Kier molecular flexibility index (Phi) is 4.08. The molecule has 1 aliphatic carbocycles. The molecule has 2 aromatic carbocycles. The Morgan fingerprint density at radius 1 is 1.19 bits per heavy atom. The average molecular weight is 374 g/mol. The molecular formula is C19H19FN2O3S. The number of nitrogens with zero attached hydrogens (tertiary/aromatic N) is 1. The van der Waals surface area contributed by atoms with Crippen LogP contribution in [0.2, 0.25) is 0 Å². The highest BCUT2D eigenvalue weighted by Gasteiger charge is 2.47. The first-order valence-electron chi connectivity index (χ1n) is 8.54. The van der Waals surface area contributed by atoms with E-state index < -0.39 is 10.0 Å². The van der Waals surface area contributed by atoms with E-state index in [1.165, 1.54) is 19.2 Å². The first kappa shape index (κ1) is 17.2. The van der Waals surface area contributed by atoms with Gasteiger partial charge in [0.15, 0.2) is 0 Å². The lowest BCUT2D eigenvalue weighted by molar-refractivity contribution is -0.119. The van der Waals surface area contributed by atoms with E-state index in [1.807, 2.05) is 0 Å². The Morgan fingerprint density at radius 3 is 2.62 bits per heavy atom. The monoisotopic (exact) mass is 374 g/mol. The molecule has 1 amide bonds. The van der Waals surface area contributed by atoms with Crippen molar-refractivity contribution in [2.75, 3.05) is 18.5 Å². The van der Waals surface area contributed by atoms with Crippen molar-refractivity contribution in [2.45, 2.75) is 23.7 Å². The van der Waals surface area contributed by atoms with Crippen molar-refractivity contribution in [1.82, 2.24) is 4.72 Å². The van der Waals surface area contributed by atoms with E-state index in [9.17, 15) is 17.6 Å². The molecule has 5 nitrogen and oxygen atoms in total. The lowest BCUT2D eigenvalue weighted by atomic mass is 10.1. The molecule has 0 bridgehead atoms. The third-order valence-electron chi connectivity index (χ3n) is 5.20. The van der Waals surface area contributed by atoms with Gasteiger partial charge in [0, 0.05) is 18.2 Å². The van der Waals surface area contributed by atoms with Crippen molar-refractivity contribution in [2.24, 2.45) is 5.92 Å². The van der Waals surface area contributed by atoms with Gasteiger partial charge in [-0.2, -0.15) is 0 Å². The van der Waals surface area contributed by atoms with Gasteiger partial charge in [-0.05, 0) is 61.2 Å². The molecule has 0 unspecified atom stereocenters. The second-order valence-corrected chi connectivity index (χ2v) is 8.62. The molecule has 0 radical (unpaired) electrons. The van der Waals surface area contributed by atoms with Crippen LogP contribution < -0.4 is 9.62 Å². The second-order valence-electron chi connectivity index (χ2n) is 6.74. The SMILES string of the molecule is CNS(=O)(=O)c1ccc2c(c1)N(C(=O)[C@@H]1C[C@H]1c1ccc(F)cc1)CC2. The number of halogens is 1. The summed E-state index contributed by atoms with van der Waals surface area (Å²) in [6.45, 7) is 0.559. The van der Waals surface area contributed by atoms with Gasteiger partial charge in [-0.25, -0.2) is 17.5 Å². The molecule has 1 N–H and O–H groups in total. The van der Waals surface area contributed by atoms with E-state index in [0.29, 0.717) is 12.2 Å². The Bertz CT molecular complexity index is 973. The maximum absolute atomic E-state index is 13.1. The second kappa shape index (κ2) is 6.17. The maximum Gasteiger partial charge on any atom is 0.240 e. The summed E-state index contributed by atoms with van der Waals surface area (Å²) in [6.07, 6.45) is 1.46. The molecule has 136 valence electrons. The molecule has 0 aromatic heterocycles. The average Bonchev–Trinajstić information content (AvgIpc) is 3.33. The molecule has 0 saturated heterocycles. The van der Waals surface area contributed by atoms with Crippen LogP contribution in [-0.2, 0) is 21.2 Å². The number of hydrogen-bond donors (Lipinski definition) is 1. The zero-order valence-corrected chi connectivity index (χ0v) is 15.1. The predicted molar refractivity (Wildman–Crippen MR) is 96.0 cm³/mol. The smallest absolute Gasteiger partial charge is 0.240 e. The van der Waals surface area contributed by atoms with E-state index in [0.717, 1.165) is 24.0 Å². The van der Waals surface area contributed by atoms with E-state index in [4.69, 9.17) is 0 Å². The van der Waals surface area contributed by atoms with Crippen LogP contribution in [0.3, 0.4) is 0 Å². The van der Waals surface area contributed by atoms with Gasteiger partial charge in [-0.15, -0.1) is 0 Å². The third kappa shape index (κ3) is 2.91. The van der Waals surface area contributed by atoms with Crippen LogP contribution in [0, 0.1) is 11.7 Å². The Hall–Kier alpha value is -2.25. The number of rotatable bonds is 4. The largest absolute Gasteiger partial charge is 0.312 e. The summed E-state index contributed by atoms with van der Waals surface area (Å²) >= 11 is 0. The normalized spacial score (nSPS) is 21.5. The molecule has 1 saturated carbocycles. The van der Waals surface area contributed by atoms with Crippen LogP contribution in [0.15, 0.2) is 47.4 Å². The Balaban J connectivity index is 1.57. The van der Waals surface area contributed by atoms with Crippen molar-refractivity contribution in [3.05, 3.63) is 59.4 Å². The molecule has 1 fully saturated rings. The molecule has 2 aromatic rings. The lowest BCUT2D eigenvalue weighted by Crippen LogP contribution is -2.31. The van der Waals surface area contributed by atoms with E-state index in [-0.39, 0.29) is 28.5 Å². The van der Waals surface area contributed by atoms with Gasteiger partial charge in [0.25, 0.3) is 0 Å². The minimum atomic E-state index is -3.55. The first-order valence-corrected chi connectivity index (χ1v) is 10.0. The van der Waals surface area contributed by atoms with Gasteiger partial charge < -0.3 is 4.90 Å². The fourth-order valence-electron chi connectivity index (χ4n) is 3.62. The van der Waals surface area contributed by atoms with Crippen LogP contribution in [0.4, 0.5) is 10.1 Å². The van der Waals surface area contributed by atoms with Gasteiger partial charge in [0.1, 0.15) is 5.82 Å². The number of carbonyl (C=O) groups is 1. The molecule has 4 rings (SSSR count). The summed E-state index contributed by atoms with van der Waals surface area (Å²) in [5, 5.41) is 0. The molecule has 2 aliphatic rings. The van der Waals surface area contributed by atoms with Gasteiger partial charge in [-0.1, -0.05) is 18.2 Å². The minimum Gasteiger partial charge on any atom is -0.312 e. The molecule has 2 atom stereocenters. The first-order chi connectivity index (χ1) is 12.4. The standard InChI is InChI=1S/C19H19FN2O3S/c1-21-26(24,25)15-7-4-13-8-9-22(18(13)10-15)19(23)17-11-16(17)12-2-5-14(20)6-3-12/h2-7,10,16-17,21H,8-9,11H2,1H3/t16-,17+/m0/s1. The molecule has 26 heavy (non-hydrogen) atoms. The van der Waals surface area contributed by atoms with Gasteiger partial charge in [0.05, 0.1) is 4.90 Å². The fourth-order valence-corrected chi connectivity index (χ4v) is 4.37. The summed E-state index contributed by atoms with van der Waals surface area (Å²) in [7, 11) is -2.19. The number of benzene rings is 2. The summed E-state index contributed by atoms with van der Waals surface area (Å²) in [4.78, 5) is 14.8. The highest BCUT2D eigenvalue weighted by Crippen LogP contribution is 2.49. The van der Waals surface area contributed by atoms with Crippen molar-refractivity contribution in [3.63, 3.8) is 0 Å². The summed E-state index contributed by atoms with van der Waals surface area (Å²) in [5.74, 6) is -0.298. The van der Waals surface area contributed by atoms with Crippen LogP contribution in [-0.4, -0.2) is 27.9 Å². The number of amides is 1. The van der Waals surface area contributed by atoms with Crippen molar-refractivity contribution < 1.29 is 17.6 Å². The third-order valence-corrected chi connectivity index (χ3v) is 6.62. The van der Waals surface area contributed by atoms with E-state index >= 15 is 0 Å². The zero-order valence-electron chi connectivity index (χ0n) is 14.3. The topological polar surface area (TPSA) is 66.5 Å². The summed E-state index contributed by atoms with van der Waals surface area (Å²) in [5.41, 5.74) is 2.62. The summed E-state index contributed by atoms with van der Waals surface area (Å²) < 4.78 is 39.5. The van der Waals surface area contributed by atoms with Gasteiger partial charge in [-0.3, -0.25) is 4.79 Å². The molecule has 1 aliphatic heterocycles. The molecule has 1 heterocycles. The minimum absolute atomic E-state index is 0.0112. The Morgan fingerprint density at radius 2 is 1.92 bits per heavy atom. The van der Waals surface area contributed by atoms with Crippen molar-refractivity contribution in [1.29, 1.82) is 0 Å². The number of carbonyl (C=O) groups excluding carboxylic acids is 1. The van der Waals surface area contributed by atoms with E-state index in [2.05, 4.69) is 4.72 Å². The number of nitrogens with one attached hydrogen (secondary N) is 1. The maximum atomic E-state index is 13.1. The number of hydrogen-bond acceptors (Lipinski definition) is 3.